The monoisotopic (exact) mass is 415 g/mol. The molecule has 144 valence electrons. The topological polar surface area (TPSA) is 63.2 Å². The lowest BCUT2D eigenvalue weighted by Gasteiger charge is -2.17. The van der Waals surface area contributed by atoms with Crippen LogP contribution >= 0.6 is 11.8 Å². The number of nitrogens with one attached hydrogen (secondary N) is 1. The van der Waals surface area contributed by atoms with Crippen LogP contribution in [-0.4, -0.2) is 20.6 Å². The van der Waals surface area contributed by atoms with Gasteiger partial charge in [0.2, 0.25) is 5.91 Å². The Morgan fingerprint density at radius 3 is 2.18 bits per heavy atom. The number of anilines is 1. The number of hydrogen-bond donors (Lipinski definition) is 1. The van der Waals surface area contributed by atoms with E-state index in [0.717, 1.165) is 28.8 Å². The van der Waals surface area contributed by atoms with Gasteiger partial charge in [-0.05, 0) is 35.9 Å². The van der Waals surface area contributed by atoms with E-state index in [1.165, 1.54) is 17.8 Å². The van der Waals surface area contributed by atoms with E-state index in [1.54, 1.807) is 0 Å². The molecule has 0 aliphatic rings. The van der Waals surface area contributed by atoms with Gasteiger partial charge in [-0.3, -0.25) is 4.79 Å². The molecule has 0 spiro atoms. The summed E-state index contributed by atoms with van der Waals surface area (Å²) >= 11 is 1.33. The van der Waals surface area contributed by atoms with Crippen molar-refractivity contribution < 1.29 is 17.6 Å². The molecule has 0 radical (unpaired) electrons. The van der Waals surface area contributed by atoms with Gasteiger partial charge >= 0.3 is 0 Å². The van der Waals surface area contributed by atoms with Crippen molar-refractivity contribution in [1.82, 2.24) is 0 Å². The van der Waals surface area contributed by atoms with Crippen LogP contribution in [0, 0.1) is 5.82 Å². The maximum atomic E-state index is 14.2. The van der Waals surface area contributed by atoms with Gasteiger partial charge in [0, 0.05) is 11.2 Å². The van der Waals surface area contributed by atoms with Crippen LogP contribution < -0.4 is 5.32 Å². The second-order valence-corrected chi connectivity index (χ2v) is 9.32. The number of rotatable bonds is 6. The van der Waals surface area contributed by atoms with Crippen LogP contribution in [0.5, 0.6) is 0 Å². The molecule has 1 unspecified atom stereocenters. The Bertz CT molecular complexity index is 1070. The lowest BCUT2D eigenvalue weighted by Crippen LogP contribution is -2.20. The van der Waals surface area contributed by atoms with Crippen molar-refractivity contribution in [2.45, 2.75) is 15.0 Å². The first-order valence-corrected chi connectivity index (χ1v) is 11.2. The summed E-state index contributed by atoms with van der Waals surface area (Å²) in [5.74, 6) is -1.14. The predicted molar refractivity (Wildman–Crippen MR) is 110 cm³/mol. The summed E-state index contributed by atoms with van der Waals surface area (Å²) in [6.07, 6.45) is 1.03. The predicted octanol–water partition coefficient (Wildman–Crippen LogP) is 4.70. The smallest absolute Gasteiger partial charge is 0.242 e. The minimum Gasteiger partial charge on any atom is -0.322 e. The summed E-state index contributed by atoms with van der Waals surface area (Å²) in [6.45, 7) is 0. The van der Waals surface area contributed by atoms with Crippen molar-refractivity contribution in [3.05, 3.63) is 90.2 Å². The van der Waals surface area contributed by atoms with Gasteiger partial charge in [-0.25, -0.2) is 12.8 Å². The largest absolute Gasteiger partial charge is 0.322 e. The van der Waals surface area contributed by atoms with E-state index in [0.29, 0.717) is 0 Å². The minimum atomic E-state index is -3.52. The summed E-state index contributed by atoms with van der Waals surface area (Å²) in [5, 5.41) is 1.91. The SMILES string of the molecule is CS(=O)(=O)c1ccc(F)c(NC(=O)C(Sc2ccccc2)c2ccccc2)c1. The zero-order valence-corrected chi connectivity index (χ0v) is 16.6. The third kappa shape index (κ3) is 4.99. The Hall–Kier alpha value is -2.64. The van der Waals surface area contributed by atoms with Crippen LogP contribution in [0.25, 0.3) is 0 Å². The second kappa shape index (κ2) is 8.58. The number of hydrogen-bond acceptors (Lipinski definition) is 4. The van der Waals surface area contributed by atoms with E-state index in [-0.39, 0.29) is 10.6 Å². The Labute approximate surface area is 167 Å². The molecule has 0 bridgehead atoms. The number of carbonyl (C=O) groups is 1. The van der Waals surface area contributed by atoms with Gasteiger partial charge in [0.25, 0.3) is 0 Å². The van der Waals surface area contributed by atoms with Gasteiger partial charge < -0.3 is 5.32 Å². The molecule has 0 saturated heterocycles. The van der Waals surface area contributed by atoms with Gasteiger partial charge in [0.05, 0.1) is 10.6 Å². The van der Waals surface area contributed by atoms with E-state index in [9.17, 15) is 17.6 Å². The van der Waals surface area contributed by atoms with Crippen LogP contribution in [0.15, 0.2) is 88.7 Å². The summed E-state index contributed by atoms with van der Waals surface area (Å²) in [7, 11) is -3.52. The highest BCUT2D eigenvalue weighted by Gasteiger charge is 2.23. The first kappa shape index (κ1) is 20.1. The van der Waals surface area contributed by atoms with Crippen molar-refractivity contribution in [3.8, 4) is 0 Å². The highest BCUT2D eigenvalue weighted by molar-refractivity contribution is 8.00. The molecule has 3 rings (SSSR count). The number of benzene rings is 3. The molecule has 3 aromatic carbocycles. The molecule has 28 heavy (non-hydrogen) atoms. The molecule has 1 atom stereocenters. The summed E-state index contributed by atoms with van der Waals surface area (Å²) in [5.41, 5.74) is 0.594. The van der Waals surface area contributed by atoms with Gasteiger partial charge in [-0.2, -0.15) is 0 Å². The molecule has 0 saturated carbocycles. The molecule has 0 aliphatic carbocycles. The molecule has 0 fully saturated rings. The van der Waals surface area contributed by atoms with Crippen LogP contribution in [0.4, 0.5) is 10.1 Å². The quantitative estimate of drug-likeness (QED) is 0.468. The van der Waals surface area contributed by atoms with Crippen molar-refractivity contribution in [2.24, 2.45) is 0 Å². The third-order valence-corrected chi connectivity index (χ3v) is 6.34. The number of thioether (sulfide) groups is 1. The van der Waals surface area contributed by atoms with Crippen molar-refractivity contribution in [2.75, 3.05) is 11.6 Å². The zero-order chi connectivity index (χ0) is 20.1. The molecule has 0 heterocycles. The van der Waals surface area contributed by atoms with E-state index in [2.05, 4.69) is 5.32 Å². The van der Waals surface area contributed by atoms with Gasteiger partial charge in [0.1, 0.15) is 11.1 Å². The fourth-order valence-electron chi connectivity index (χ4n) is 2.57. The highest BCUT2D eigenvalue weighted by atomic mass is 32.2. The molecule has 3 aromatic rings. The van der Waals surface area contributed by atoms with E-state index < -0.39 is 26.8 Å². The van der Waals surface area contributed by atoms with Crippen LogP contribution in [0.3, 0.4) is 0 Å². The van der Waals surface area contributed by atoms with Crippen LogP contribution in [0.1, 0.15) is 10.8 Å². The lowest BCUT2D eigenvalue weighted by atomic mass is 10.1. The zero-order valence-electron chi connectivity index (χ0n) is 15.0. The molecular formula is C21H18FNO3S2. The van der Waals surface area contributed by atoms with Crippen LogP contribution in [0.2, 0.25) is 0 Å². The molecule has 7 heteroatoms. The number of carbonyl (C=O) groups excluding carboxylic acids is 1. The number of amides is 1. The first-order chi connectivity index (χ1) is 13.3. The number of halogens is 1. The Balaban J connectivity index is 1.92. The number of sulfone groups is 1. The third-order valence-electron chi connectivity index (χ3n) is 3.96. The molecule has 1 N–H and O–H groups in total. The van der Waals surface area contributed by atoms with Gasteiger partial charge in [-0.1, -0.05) is 48.5 Å². The fraction of sp³-hybridized carbons (Fsp3) is 0.0952. The molecule has 0 aliphatic heterocycles. The summed E-state index contributed by atoms with van der Waals surface area (Å²) in [6, 6.07) is 21.9. The van der Waals surface area contributed by atoms with E-state index >= 15 is 0 Å². The molecule has 1 amide bonds. The summed E-state index contributed by atoms with van der Waals surface area (Å²) < 4.78 is 37.7. The van der Waals surface area contributed by atoms with Gasteiger partial charge in [0.15, 0.2) is 9.84 Å². The molecule has 4 nitrogen and oxygen atoms in total. The fourth-order valence-corrected chi connectivity index (χ4v) is 4.26. The van der Waals surface area contributed by atoms with Crippen molar-refractivity contribution in [3.63, 3.8) is 0 Å². The highest BCUT2D eigenvalue weighted by Crippen LogP contribution is 2.36. The molecular weight excluding hydrogens is 397 g/mol. The normalized spacial score (nSPS) is 12.4. The van der Waals surface area contributed by atoms with E-state index in [4.69, 9.17) is 0 Å². The standard InChI is InChI=1S/C21H18FNO3S2/c1-28(25,26)17-12-13-18(22)19(14-17)23-21(24)20(15-8-4-2-5-9-15)27-16-10-6-3-7-11-16/h2-14,20H,1H3,(H,23,24). The average Bonchev–Trinajstić information content (AvgIpc) is 2.68. The minimum absolute atomic E-state index is 0.0591. The Kier molecular flexibility index (Phi) is 6.16. The van der Waals surface area contributed by atoms with Crippen molar-refractivity contribution in [1.29, 1.82) is 0 Å². The first-order valence-electron chi connectivity index (χ1n) is 8.42. The maximum absolute atomic E-state index is 14.2. The summed E-state index contributed by atoms with van der Waals surface area (Å²) in [4.78, 5) is 13.8. The van der Waals surface area contributed by atoms with Crippen LogP contribution in [-0.2, 0) is 14.6 Å². The average molecular weight is 416 g/mol. The molecule has 0 aromatic heterocycles. The lowest BCUT2D eigenvalue weighted by molar-refractivity contribution is -0.115. The Morgan fingerprint density at radius 1 is 0.964 bits per heavy atom. The van der Waals surface area contributed by atoms with Gasteiger partial charge in [-0.15, -0.1) is 11.8 Å². The van der Waals surface area contributed by atoms with E-state index in [1.807, 2.05) is 60.7 Å². The second-order valence-electron chi connectivity index (χ2n) is 6.12. The van der Waals surface area contributed by atoms with Crippen molar-refractivity contribution >= 4 is 33.2 Å². The Morgan fingerprint density at radius 2 is 1.57 bits per heavy atom. The maximum Gasteiger partial charge on any atom is 0.242 e.